The van der Waals surface area contributed by atoms with E-state index < -0.39 is 0 Å². The highest BCUT2D eigenvalue weighted by atomic mass is 16.5. The van der Waals surface area contributed by atoms with E-state index in [1.807, 2.05) is 0 Å². The van der Waals surface area contributed by atoms with E-state index >= 15 is 0 Å². The smallest absolute Gasteiger partial charge is 0.0637 e. The maximum atomic E-state index is 6.42. The molecule has 2 aliphatic rings. The molecule has 22 heavy (non-hydrogen) atoms. The van der Waals surface area contributed by atoms with Gasteiger partial charge in [-0.2, -0.15) is 0 Å². The lowest BCUT2D eigenvalue weighted by molar-refractivity contribution is -0.0519. The lowest BCUT2D eigenvalue weighted by Gasteiger charge is -2.39. The van der Waals surface area contributed by atoms with E-state index in [9.17, 15) is 0 Å². The van der Waals surface area contributed by atoms with E-state index in [2.05, 4.69) is 39.5 Å². The Morgan fingerprint density at radius 3 is 2.09 bits per heavy atom. The maximum Gasteiger partial charge on any atom is 0.0637 e. The number of nitrogens with zero attached hydrogens (tertiary/aromatic N) is 1. The first-order valence-corrected chi connectivity index (χ1v) is 9.79. The van der Waals surface area contributed by atoms with Crippen molar-refractivity contribution in [3.05, 3.63) is 0 Å². The minimum atomic E-state index is 0.412. The molecule has 0 saturated heterocycles. The van der Waals surface area contributed by atoms with Crippen LogP contribution in [0.3, 0.4) is 0 Å². The molecule has 2 heteroatoms. The molecule has 0 radical (unpaired) electrons. The number of fused-ring (bicyclic) bond motifs is 2. The molecule has 2 fully saturated rings. The Bertz CT molecular complexity index is 333. The van der Waals surface area contributed by atoms with Crippen LogP contribution in [0.5, 0.6) is 0 Å². The van der Waals surface area contributed by atoms with Gasteiger partial charge in [-0.1, -0.05) is 47.5 Å². The van der Waals surface area contributed by atoms with Crippen LogP contribution in [-0.2, 0) is 4.74 Å². The van der Waals surface area contributed by atoms with Gasteiger partial charge in [0, 0.05) is 6.54 Å². The first kappa shape index (κ1) is 18.3. The summed E-state index contributed by atoms with van der Waals surface area (Å²) >= 11 is 0. The molecule has 0 amide bonds. The Labute approximate surface area is 139 Å². The standard InChI is InChI=1S/C20H39NO/c1-6-8-12-21(13-9-7-2)14-15-22-18-16-17-10-11-20(18,5)19(17,3)4/h17-18H,6-16H2,1-5H3/t17-,18+,20-/m1/s1. The van der Waals surface area contributed by atoms with Crippen LogP contribution in [0.15, 0.2) is 0 Å². The number of ether oxygens (including phenoxy) is 1. The Balaban J connectivity index is 1.78. The molecule has 0 aromatic carbocycles. The Morgan fingerprint density at radius 2 is 1.64 bits per heavy atom. The minimum absolute atomic E-state index is 0.412. The van der Waals surface area contributed by atoms with Crippen molar-refractivity contribution in [1.29, 1.82) is 0 Å². The summed E-state index contributed by atoms with van der Waals surface area (Å²) in [6.07, 6.45) is 9.81. The monoisotopic (exact) mass is 309 g/mol. The van der Waals surface area contributed by atoms with Crippen LogP contribution in [0.1, 0.15) is 79.6 Å². The largest absolute Gasteiger partial charge is 0.376 e. The molecule has 3 atom stereocenters. The molecule has 0 aliphatic heterocycles. The van der Waals surface area contributed by atoms with Gasteiger partial charge in [-0.05, 0) is 61.9 Å². The molecule has 0 unspecified atom stereocenters. The highest BCUT2D eigenvalue weighted by molar-refractivity contribution is 5.11. The third kappa shape index (κ3) is 3.53. The summed E-state index contributed by atoms with van der Waals surface area (Å²) in [5, 5.41) is 0. The summed E-state index contributed by atoms with van der Waals surface area (Å²) in [4.78, 5) is 2.62. The second-order valence-corrected chi connectivity index (χ2v) is 8.52. The van der Waals surface area contributed by atoms with Crippen LogP contribution in [0.25, 0.3) is 0 Å². The molecule has 0 spiro atoms. The SMILES string of the molecule is CCCCN(CCCC)CCO[C@H]1C[C@H]2CC[C@@]1(C)C2(C)C. The first-order valence-electron chi connectivity index (χ1n) is 9.79. The van der Waals surface area contributed by atoms with Gasteiger partial charge in [0.1, 0.15) is 0 Å². The number of rotatable bonds is 10. The van der Waals surface area contributed by atoms with Gasteiger partial charge >= 0.3 is 0 Å². The maximum absolute atomic E-state index is 6.42. The van der Waals surface area contributed by atoms with Gasteiger partial charge in [0.25, 0.3) is 0 Å². The molecule has 2 nitrogen and oxygen atoms in total. The molecule has 130 valence electrons. The predicted octanol–water partition coefficient (Wildman–Crippen LogP) is 5.12. The van der Waals surface area contributed by atoms with Crippen LogP contribution in [0.2, 0.25) is 0 Å². The fourth-order valence-electron chi connectivity index (χ4n) is 4.81. The highest BCUT2D eigenvalue weighted by Gasteiger charge is 2.61. The first-order chi connectivity index (χ1) is 10.5. The lowest BCUT2D eigenvalue weighted by Crippen LogP contribution is -2.39. The van der Waals surface area contributed by atoms with Crippen molar-refractivity contribution in [3.8, 4) is 0 Å². The average Bonchev–Trinajstić information content (AvgIpc) is 2.82. The van der Waals surface area contributed by atoms with Crippen LogP contribution in [-0.4, -0.2) is 37.2 Å². The zero-order valence-electron chi connectivity index (χ0n) is 15.8. The zero-order chi connectivity index (χ0) is 16.2. The molecule has 0 aromatic rings. The summed E-state index contributed by atoms with van der Waals surface area (Å²) in [7, 11) is 0. The summed E-state index contributed by atoms with van der Waals surface area (Å²) in [5.41, 5.74) is 0.886. The van der Waals surface area contributed by atoms with Gasteiger partial charge in [0.2, 0.25) is 0 Å². The number of unbranched alkanes of at least 4 members (excludes halogenated alkanes) is 2. The Hall–Kier alpha value is -0.0800. The van der Waals surface area contributed by atoms with Gasteiger partial charge in [-0.25, -0.2) is 0 Å². The molecular weight excluding hydrogens is 270 g/mol. The third-order valence-corrected chi connectivity index (χ3v) is 7.10. The molecule has 0 aromatic heterocycles. The van der Waals surface area contributed by atoms with E-state index in [0.717, 1.165) is 19.1 Å². The quantitative estimate of drug-likeness (QED) is 0.555. The normalized spacial score (nSPS) is 33.0. The second kappa shape index (κ2) is 7.66. The summed E-state index contributed by atoms with van der Waals surface area (Å²) in [6, 6.07) is 0. The lowest BCUT2D eigenvalue weighted by atomic mass is 9.70. The van der Waals surface area contributed by atoms with Crippen molar-refractivity contribution in [2.24, 2.45) is 16.7 Å². The van der Waals surface area contributed by atoms with Crippen LogP contribution in [0, 0.1) is 16.7 Å². The summed E-state index contributed by atoms with van der Waals surface area (Å²) < 4.78 is 6.42. The van der Waals surface area contributed by atoms with Gasteiger partial charge in [-0.3, -0.25) is 0 Å². The fraction of sp³-hybridized carbons (Fsp3) is 1.00. The topological polar surface area (TPSA) is 12.5 Å². The Morgan fingerprint density at radius 1 is 1.00 bits per heavy atom. The van der Waals surface area contributed by atoms with Crippen molar-refractivity contribution in [2.75, 3.05) is 26.2 Å². The third-order valence-electron chi connectivity index (χ3n) is 7.10. The van der Waals surface area contributed by atoms with Crippen molar-refractivity contribution in [3.63, 3.8) is 0 Å². The van der Waals surface area contributed by atoms with Gasteiger partial charge in [0.15, 0.2) is 0 Å². The molecule has 0 heterocycles. The van der Waals surface area contributed by atoms with E-state index in [1.54, 1.807) is 0 Å². The molecule has 2 bridgehead atoms. The van der Waals surface area contributed by atoms with Crippen LogP contribution < -0.4 is 0 Å². The van der Waals surface area contributed by atoms with Crippen LogP contribution in [0.4, 0.5) is 0 Å². The van der Waals surface area contributed by atoms with Gasteiger partial charge in [-0.15, -0.1) is 0 Å². The van der Waals surface area contributed by atoms with Crippen molar-refractivity contribution >= 4 is 0 Å². The Kier molecular flexibility index (Phi) is 6.36. The van der Waals surface area contributed by atoms with Gasteiger partial charge < -0.3 is 9.64 Å². The van der Waals surface area contributed by atoms with Crippen molar-refractivity contribution in [2.45, 2.75) is 85.7 Å². The average molecular weight is 310 g/mol. The molecular formula is C20H39NO. The highest BCUT2D eigenvalue weighted by Crippen LogP contribution is 2.66. The molecule has 0 N–H and O–H groups in total. The molecule has 2 saturated carbocycles. The number of hydrogen-bond acceptors (Lipinski definition) is 2. The molecule has 2 rings (SSSR count). The van der Waals surface area contributed by atoms with Crippen LogP contribution >= 0.6 is 0 Å². The molecule has 2 aliphatic carbocycles. The minimum Gasteiger partial charge on any atom is -0.376 e. The van der Waals surface area contributed by atoms with Crippen molar-refractivity contribution < 1.29 is 4.74 Å². The van der Waals surface area contributed by atoms with E-state index in [0.29, 0.717) is 16.9 Å². The predicted molar refractivity (Wildman–Crippen MR) is 95.2 cm³/mol. The van der Waals surface area contributed by atoms with E-state index in [-0.39, 0.29) is 0 Å². The van der Waals surface area contributed by atoms with E-state index in [4.69, 9.17) is 4.74 Å². The second-order valence-electron chi connectivity index (χ2n) is 8.52. The zero-order valence-corrected chi connectivity index (χ0v) is 15.8. The van der Waals surface area contributed by atoms with Crippen molar-refractivity contribution in [1.82, 2.24) is 4.90 Å². The van der Waals surface area contributed by atoms with Gasteiger partial charge in [0.05, 0.1) is 12.7 Å². The van der Waals surface area contributed by atoms with E-state index in [1.165, 1.54) is 58.0 Å². The summed E-state index contributed by atoms with van der Waals surface area (Å²) in [6.45, 7) is 16.5. The summed E-state index contributed by atoms with van der Waals surface area (Å²) in [5.74, 6) is 0.888. The fourth-order valence-corrected chi connectivity index (χ4v) is 4.81. The number of hydrogen-bond donors (Lipinski definition) is 0.